The second kappa shape index (κ2) is 4.87. The number of fused-ring (bicyclic) bond motifs is 1. The van der Waals surface area contributed by atoms with Crippen molar-refractivity contribution < 1.29 is 0 Å². The first-order chi connectivity index (χ1) is 9.16. The number of rotatable bonds is 2. The van der Waals surface area contributed by atoms with E-state index in [1.165, 1.54) is 16.7 Å². The van der Waals surface area contributed by atoms with Gasteiger partial charge in [-0.25, -0.2) is 0 Å². The lowest BCUT2D eigenvalue weighted by atomic mass is 10.1. The molecule has 2 aromatic rings. The summed E-state index contributed by atoms with van der Waals surface area (Å²) in [5.74, 6) is 0. The summed E-state index contributed by atoms with van der Waals surface area (Å²) in [4.78, 5) is 2.40. The Morgan fingerprint density at radius 2 is 1.89 bits per heavy atom. The number of nitrogens with two attached hydrogens (primary N) is 1. The van der Waals surface area contributed by atoms with Gasteiger partial charge in [0.05, 0.1) is 0 Å². The Hall–Kier alpha value is -1.51. The van der Waals surface area contributed by atoms with Crippen LogP contribution in [0.25, 0.3) is 0 Å². The molecule has 19 heavy (non-hydrogen) atoms. The molecule has 0 aromatic heterocycles. The predicted octanol–water partition coefficient (Wildman–Crippen LogP) is 4.00. The molecular formula is C16H17ClN2. The topological polar surface area (TPSA) is 29.3 Å². The molecule has 2 nitrogen and oxygen atoms in total. The van der Waals surface area contributed by atoms with E-state index in [0.717, 1.165) is 23.8 Å². The van der Waals surface area contributed by atoms with E-state index in [2.05, 4.69) is 24.0 Å². The number of benzene rings is 2. The second-order valence-corrected chi connectivity index (χ2v) is 5.49. The smallest absolute Gasteiger partial charge is 0.0453 e. The molecule has 0 saturated carbocycles. The van der Waals surface area contributed by atoms with Crippen LogP contribution in [0.15, 0.2) is 42.5 Å². The van der Waals surface area contributed by atoms with Gasteiger partial charge in [0.25, 0.3) is 0 Å². The maximum atomic E-state index is 6.29. The van der Waals surface area contributed by atoms with E-state index >= 15 is 0 Å². The van der Waals surface area contributed by atoms with Gasteiger partial charge in [-0.15, -0.1) is 0 Å². The Morgan fingerprint density at radius 1 is 1.11 bits per heavy atom. The quantitative estimate of drug-likeness (QED) is 0.838. The van der Waals surface area contributed by atoms with E-state index in [1.54, 1.807) is 0 Å². The Kier molecular flexibility index (Phi) is 3.21. The van der Waals surface area contributed by atoms with Crippen molar-refractivity contribution in [1.82, 2.24) is 4.90 Å². The van der Waals surface area contributed by atoms with Crippen LogP contribution < -0.4 is 5.73 Å². The minimum absolute atomic E-state index is 0.292. The molecule has 3 heteroatoms. The van der Waals surface area contributed by atoms with E-state index in [9.17, 15) is 0 Å². The molecule has 1 aliphatic heterocycles. The molecule has 0 bridgehead atoms. The van der Waals surface area contributed by atoms with Gasteiger partial charge in [-0.05, 0) is 35.7 Å². The third-order valence-corrected chi connectivity index (χ3v) is 4.29. The highest BCUT2D eigenvalue weighted by molar-refractivity contribution is 6.31. The molecule has 3 rings (SSSR count). The minimum atomic E-state index is 0.292. The number of nitrogens with zero attached hydrogens (tertiary/aromatic N) is 1. The molecule has 0 fully saturated rings. The van der Waals surface area contributed by atoms with Crippen LogP contribution in [-0.2, 0) is 13.1 Å². The summed E-state index contributed by atoms with van der Waals surface area (Å²) in [7, 11) is 0. The van der Waals surface area contributed by atoms with Crippen molar-refractivity contribution in [3.05, 3.63) is 64.2 Å². The summed E-state index contributed by atoms with van der Waals surface area (Å²) in [6, 6.07) is 14.5. The van der Waals surface area contributed by atoms with Gasteiger partial charge < -0.3 is 5.73 Å². The molecule has 0 spiro atoms. The van der Waals surface area contributed by atoms with Gasteiger partial charge in [-0.1, -0.05) is 41.9 Å². The van der Waals surface area contributed by atoms with Crippen molar-refractivity contribution in [1.29, 1.82) is 0 Å². The number of hydrogen-bond donors (Lipinski definition) is 1. The van der Waals surface area contributed by atoms with Crippen molar-refractivity contribution in [3.63, 3.8) is 0 Å². The summed E-state index contributed by atoms with van der Waals surface area (Å²) in [5.41, 5.74) is 10.7. The fraction of sp³-hybridized carbons (Fsp3) is 0.250. The third-order valence-electron chi connectivity index (χ3n) is 3.95. The lowest BCUT2D eigenvalue weighted by Gasteiger charge is -2.25. The van der Waals surface area contributed by atoms with Crippen LogP contribution in [-0.4, -0.2) is 4.90 Å². The Balaban J connectivity index is 1.87. The van der Waals surface area contributed by atoms with Crippen molar-refractivity contribution >= 4 is 17.3 Å². The maximum Gasteiger partial charge on any atom is 0.0453 e. The Morgan fingerprint density at radius 3 is 2.63 bits per heavy atom. The van der Waals surface area contributed by atoms with E-state index < -0.39 is 0 Å². The van der Waals surface area contributed by atoms with E-state index in [4.69, 9.17) is 17.3 Å². The molecule has 2 N–H and O–H groups in total. The highest BCUT2D eigenvalue weighted by atomic mass is 35.5. The number of nitrogen functional groups attached to an aromatic ring is 1. The Bertz CT molecular complexity index is 609. The first-order valence-electron chi connectivity index (χ1n) is 6.51. The van der Waals surface area contributed by atoms with Crippen molar-refractivity contribution in [2.24, 2.45) is 0 Å². The molecule has 0 aliphatic carbocycles. The van der Waals surface area contributed by atoms with Gasteiger partial charge >= 0.3 is 0 Å². The van der Waals surface area contributed by atoms with Gasteiger partial charge in [-0.3, -0.25) is 4.90 Å². The van der Waals surface area contributed by atoms with Crippen LogP contribution in [0.1, 0.15) is 29.7 Å². The molecule has 0 amide bonds. The number of halogens is 1. The number of anilines is 1. The number of hydrogen-bond acceptors (Lipinski definition) is 2. The zero-order valence-corrected chi connectivity index (χ0v) is 11.7. The molecule has 1 atom stereocenters. The van der Waals surface area contributed by atoms with Crippen LogP contribution in [0.3, 0.4) is 0 Å². The molecule has 2 aromatic carbocycles. The summed E-state index contributed by atoms with van der Waals surface area (Å²) in [6.07, 6.45) is 0. The average Bonchev–Trinajstić information content (AvgIpc) is 2.84. The second-order valence-electron chi connectivity index (χ2n) is 5.09. The monoisotopic (exact) mass is 272 g/mol. The van der Waals surface area contributed by atoms with Crippen LogP contribution >= 0.6 is 11.6 Å². The first kappa shape index (κ1) is 12.5. The fourth-order valence-corrected chi connectivity index (χ4v) is 3.05. The Labute approximate surface area is 118 Å². The molecule has 1 unspecified atom stereocenters. The summed E-state index contributed by atoms with van der Waals surface area (Å²) in [6.45, 7) is 4.03. The van der Waals surface area contributed by atoms with Gasteiger partial charge in [0, 0.05) is 29.8 Å². The van der Waals surface area contributed by atoms with Gasteiger partial charge in [0.15, 0.2) is 0 Å². The third kappa shape index (κ3) is 2.22. The lowest BCUT2D eigenvalue weighted by Crippen LogP contribution is -2.21. The summed E-state index contributed by atoms with van der Waals surface area (Å²) < 4.78 is 0. The normalized spacial score (nSPS) is 16.3. The van der Waals surface area contributed by atoms with Crippen molar-refractivity contribution in [3.8, 4) is 0 Å². The molecule has 0 radical (unpaired) electrons. The predicted molar refractivity (Wildman–Crippen MR) is 80.0 cm³/mol. The summed E-state index contributed by atoms with van der Waals surface area (Å²) in [5, 5.41) is 0.832. The van der Waals surface area contributed by atoms with Gasteiger partial charge in [0.2, 0.25) is 0 Å². The highest BCUT2D eigenvalue weighted by Gasteiger charge is 2.26. The van der Waals surface area contributed by atoms with Crippen molar-refractivity contribution in [2.75, 3.05) is 5.73 Å². The average molecular weight is 273 g/mol. The molecule has 98 valence electrons. The zero-order chi connectivity index (χ0) is 13.4. The SMILES string of the molecule is CC(c1ccccc1Cl)N1Cc2cccc(N)c2C1. The van der Waals surface area contributed by atoms with Gasteiger partial charge in [-0.2, -0.15) is 0 Å². The van der Waals surface area contributed by atoms with Crippen LogP contribution in [0.4, 0.5) is 5.69 Å². The maximum absolute atomic E-state index is 6.29. The first-order valence-corrected chi connectivity index (χ1v) is 6.89. The molecule has 1 heterocycles. The highest BCUT2D eigenvalue weighted by Crippen LogP contribution is 2.35. The van der Waals surface area contributed by atoms with Crippen LogP contribution in [0.5, 0.6) is 0 Å². The van der Waals surface area contributed by atoms with E-state index in [1.807, 2.05) is 30.3 Å². The lowest BCUT2D eigenvalue weighted by molar-refractivity contribution is 0.215. The largest absolute Gasteiger partial charge is 0.398 e. The van der Waals surface area contributed by atoms with E-state index in [-0.39, 0.29) is 0 Å². The molecule has 0 saturated heterocycles. The van der Waals surface area contributed by atoms with Crippen LogP contribution in [0.2, 0.25) is 5.02 Å². The zero-order valence-electron chi connectivity index (χ0n) is 10.9. The van der Waals surface area contributed by atoms with Crippen LogP contribution in [0, 0.1) is 0 Å². The summed E-state index contributed by atoms with van der Waals surface area (Å²) >= 11 is 6.29. The van der Waals surface area contributed by atoms with Gasteiger partial charge in [0.1, 0.15) is 0 Å². The minimum Gasteiger partial charge on any atom is -0.398 e. The van der Waals surface area contributed by atoms with E-state index in [0.29, 0.717) is 6.04 Å². The standard InChI is InChI=1S/C16H17ClN2/c1-11(13-6-2-3-7-15(13)17)19-9-12-5-4-8-16(18)14(12)10-19/h2-8,11H,9-10,18H2,1H3. The van der Waals surface area contributed by atoms with Crippen molar-refractivity contribution in [2.45, 2.75) is 26.1 Å². The molecule has 1 aliphatic rings. The molecular weight excluding hydrogens is 256 g/mol. The fourth-order valence-electron chi connectivity index (χ4n) is 2.76.